The SMILES string of the molecule is COc1ccccc1CCC(=O)N1CCC[C@@H](c2cccc(Nc3cnccn3)n2)C1. The van der Waals surface area contributed by atoms with Crippen molar-refractivity contribution in [2.45, 2.75) is 31.6 Å². The average molecular weight is 418 g/mol. The molecule has 1 amide bonds. The van der Waals surface area contributed by atoms with Crippen molar-refractivity contribution in [3.63, 3.8) is 0 Å². The van der Waals surface area contributed by atoms with E-state index in [2.05, 4.69) is 15.3 Å². The number of pyridine rings is 1. The van der Waals surface area contributed by atoms with Gasteiger partial charge in [0, 0.05) is 43.5 Å². The molecule has 0 aliphatic carbocycles. The van der Waals surface area contributed by atoms with Crippen LogP contribution in [0.1, 0.15) is 36.4 Å². The van der Waals surface area contributed by atoms with Crippen molar-refractivity contribution in [3.05, 3.63) is 72.3 Å². The number of nitrogens with one attached hydrogen (secondary N) is 1. The number of anilines is 2. The van der Waals surface area contributed by atoms with Gasteiger partial charge in [0.25, 0.3) is 0 Å². The molecule has 1 aliphatic rings. The summed E-state index contributed by atoms with van der Waals surface area (Å²) >= 11 is 0. The largest absolute Gasteiger partial charge is 0.496 e. The number of amides is 1. The quantitative estimate of drug-likeness (QED) is 0.627. The molecule has 7 nitrogen and oxygen atoms in total. The van der Waals surface area contributed by atoms with Crippen molar-refractivity contribution >= 4 is 17.5 Å². The molecule has 0 radical (unpaired) electrons. The highest BCUT2D eigenvalue weighted by atomic mass is 16.5. The van der Waals surface area contributed by atoms with Gasteiger partial charge in [0.1, 0.15) is 17.4 Å². The van der Waals surface area contributed by atoms with Gasteiger partial charge in [-0.3, -0.25) is 9.78 Å². The number of hydrogen-bond acceptors (Lipinski definition) is 6. The Labute approximate surface area is 182 Å². The summed E-state index contributed by atoms with van der Waals surface area (Å²) in [4.78, 5) is 27.9. The van der Waals surface area contributed by atoms with E-state index >= 15 is 0 Å². The normalized spacial score (nSPS) is 16.0. The van der Waals surface area contributed by atoms with Crippen molar-refractivity contribution in [1.82, 2.24) is 19.9 Å². The first-order valence-corrected chi connectivity index (χ1v) is 10.6. The molecule has 1 atom stereocenters. The Morgan fingerprint density at radius 1 is 1.16 bits per heavy atom. The lowest BCUT2D eigenvalue weighted by molar-refractivity contribution is -0.132. The van der Waals surface area contributed by atoms with E-state index in [-0.39, 0.29) is 11.8 Å². The Bertz CT molecular complexity index is 1010. The summed E-state index contributed by atoms with van der Waals surface area (Å²) in [5.41, 5.74) is 2.06. The third-order valence-corrected chi connectivity index (χ3v) is 5.58. The maximum Gasteiger partial charge on any atom is 0.222 e. The molecule has 1 aliphatic heterocycles. The molecule has 2 aromatic heterocycles. The molecule has 160 valence electrons. The maximum atomic E-state index is 12.9. The van der Waals surface area contributed by atoms with Crippen LogP contribution in [-0.4, -0.2) is 46.0 Å². The Hall–Kier alpha value is -3.48. The molecular formula is C24H27N5O2. The minimum atomic E-state index is 0.185. The summed E-state index contributed by atoms with van der Waals surface area (Å²) < 4.78 is 5.40. The number of nitrogens with zero attached hydrogens (tertiary/aromatic N) is 4. The van der Waals surface area contributed by atoms with Crippen molar-refractivity contribution in [2.75, 3.05) is 25.5 Å². The Kier molecular flexibility index (Phi) is 6.72. The molecule has 31 heavy (non-hydrogen) atoms. The predicted molar refractivity (Wildman–Crippen MR) is 119 cm³/mol. The molecule has 1 saturated heterocycles. The van der Waals surface area contributed by atoms with E-state index in [0.717, 1.165) is 42.2 Å². The summed E-state index contributed by atoms with van der Waals surface area (Å²) in [5.74, 6) is 2.64. The number of benzene rings is 1. The molecule has 0 bridgehead atoms. The fraction of sp³-hybridized carbons (Fsp3) is 0.333. The van der Waals surface area contributed by atoms with Crippen molar-refractivity contribution < 1.29 is 9.53 Å². The van der Waals surface area contributed by atoms with Gasteiger partial charge >= 0.3 is 0 Å². The van der Waals surface area contributed by atoms with Crippen LogP contribution in [0.5, 0.6) is 5.75 Å². The number of ether oxygens (including phenoxy) is 1. The fourth-order valence-corrected chi connectivity index (χ4v) is 4.00. The van der Waals surface area contributed by atoms with E-state index in [4.69, 9.17) is 9.72 Å². The standard InChI is InChI=1S/C24H27N5O2/c1-31-21-9-3-2-6-18(21)11-12-24(30)29-15-5-7-19(17-29)20-8-4-10-22(27-20)28-23-16-25-13-14-26-23/h2-4,6,8-10,13-14,16,19H,5,7,11-12,15,17H2,1H3,(H,26,27,28)/t19-/m1/s1. The van der Waals surface area contributed by atoms with Gasteiger partial charge in [-0.1, -0.05) is 24.3 Å². The number of rotatable bonds is 7. The molecule has 1 aromatic carbocycles. The number of aromatic nitrogens is 3. The minimum absolute atomic E-state index is 0.185. The summed E-state index contributed by atoms with van der Waals surface area (Å²) in [7, 11) is 1.66. The lowest BCUT2D eigenvalue weighted by Gasteiger charge is -2.32. The Balaban J connectivity index is 1.38. The van der Waals surface area contributed by atoms with E-state index in [0.29, 0.717) is 25.2 Å². The van der Waals surface area contributed by atoms with Gasteiger partial charge in [-0.05, 0) is 43.0 Å². The second-order valence-corrected chi connectivity index (χ2v) is 7.65. The van der Waals surface area contributed by atoms with E-state index in [9.17, 15) is 4.79 Å². The van der Waals surface area contributed by atoms with Crippen LogP contribution in [0.15, 0.2) is 61.1 Å². The summed E-state index contributed by atoms with van der Waals surface area (Å²) in [6, 6.07) is 13.8. The number of carbonyl (C=O) groups is 1. The maximum absolute atomic E-state index is 12.9. The monoisotopic (exact) mass is 417 g/mol. The van der Waals surface area contributed by atoms with Crippen LogP contribution >= 0.6 is 0 Å². The number of likely N-dealkylation sites (tertiary alicyclic amines) is 1. The van der Waals surface area contributed by atoms with Crippen LogP contribution in [-0.2, 0) is 11.2 Å². The van der Waals surface area contributed by atoms with Crippen LogP contribution in [0.2, 0.25) is 0 Å². The molecule has 1 N–H and O–H groups in total. The van der Waals surface area contributed by atoms with Crippen LogP contribution in [0.4, 0.5) is 11.6 Å². The first kappa shape index (κ1) is 20.8. The van der Waals surface area contributed by atoms with E-state index < -0.39 is 0 Å². The Morgan fingerprint density at radius 2 is 2.06 bits per heavy atom. The Morgan fingerprint density at radius 3 is 2.90 bits per heavy atom. The molecule has 0 unspecified atom stereocenters. The molecule has 1 fully saturated rings. The van der Waals surface area contributed by atoms with Crippen LogP contribution in [0.25, 0.3) is 0 Å². The van der Waals surface area contributed by atoms with Crippen molar-refractivity contribution in [3.8, 4) is 5.75 Å². The number of methoxy groups -OCH3 is 1. The van der Waals surface area contributed by atoms with Gasteiger partial charge in [0.15, 0.2) is 0 Å². The third-order valence-electron chi connectivity index (χ3n) is 5.58. The van der Waals surface area contributed by atoms with Crippen molar-refractivity contribution in [2.24, 2.45) is 0 Å². The smallest absolute Gasteiger partial charge is 0.222 e. The highest BCUT2D eigenvalue weighted by Crippen LogP contribution is 2.28. The molecule has 0 saturated carbocycles. The zero-order chi connectivity index (χ0) is 21.5. The van der Waals surface area contributed by atoms with Gasteiger partial charge in [-0.15, -0.1) is 0 Å². The lowest BCUT2D eigenvalue weighted by Crippen LogP contribution is -2.39. The molecular weight excluding hydrogens is 390 g/mol. The van der Waals surface area contributed by atoms with E-state index in [1.54, 1.807) is 25.7 Å². The second kappa shape index (κ2) is 10.0. The van der Waals surface area contributed by atoms with Crippen LogP contribution in [0, 0.1) is 0 Å². The van der Waals surface area contributed by atoms with Crippen molar-refractivity contribution in [1.29, 1.82) is 0 Å². The number of piperidine rings is 1. The second-order valence-electron chi connectivity index (χ2n) is 7.65. The molecule has 3 heterocycles. The van der Waals surface area contributed by atoms with Crippen LogP contribution < -0.4 is 10.1 Å². The average Bonchev–Trinajstić information content (AvgIpc) is 2.83. The minimum Gasteiger partial charge on any atom is -0.496 e. The molecule has 0 spiro atoms. The molecule has 4 rings (SSSR count). The first-order valence-electron chi connectivity index (χ1n) is 10.6. The highest BCUT2D eigenvalue weighted by Gasteiger charge is 2.25. The lowest BCUT2D eigenvalue weighted by atomic mass is 9.93. The number of aryl methyl sites for hydroxylation is 1. The van der Waals surface area contributed by atoms with Gasteiger partial charge < -0.3 is 15.0 Å². The molecule has 3 aromatic rings. The summed E-state index contributed by atoms with van der Waals surface area (Å²) in [6.45, 7) is 1.51. The predicted octanol–water partition coefficient (Wildman–Crippen LogP) is 3.96. The zero-order valence-corrected chi connectivity index (χ0v) is 17.7. The number of para-hydroxylation sites is 1. The number of carbonyl (C=O) groups excluding carboxylic acids is 1. The summed E-state index contributed by atoms with van der Waals surface area (Å²) in [5, 5.41) is 3.19. The number of hydrogen-bond donors (Lipinski definition) is 1. The summed E-state index contributed by atoms with van der Waals surface area (Å²) in [6.07, 6.45) is 8.11. The van der Waals surface area contributed by atoms with E-state index in [1.807, 2.05) is 47.4 Å². The zero-order valence-electron chi connectivity index (χ0n) is 17.7. The van der Waals surface area contributed by atoms with Gasteiger partial charge in [0.05, 0.1) is 13.3 Å². The highest BCUT2D eigenvalue weighted by molar-refractivity contribution is 5.76. The van der Waals surface area contributed by atoms with Gasteiger partial charge in [0.2, 0.25) is 5.91 Å². The third kappa shape index (κ3) is 5.36. The first-order chi connectivity index (χ1) is 15.2. The topological polar surface area (TPSA) is 80.2 Å². The fourth-order valence-electron chi connectivity index (χ4n) is 4.00. The molecule has 7 heteroatoms. The van der Waals surface area contributed by atoms with E-state index in [1.165, 1.54) is 0 Å². The van der Waals surface area contributed by atoms with Gasteiger partial charge in [-0.25, -0.2) is 9.97 Å². The van der Waals surface area contributed by atoms with Gasteiger partial charge in [-0.2, -0.15) is 0 Å². The van der Waals surface area contributed by atoms with Crippen LogP contribution in [0.3, 0.4) is 0 Å².